The molecule has 0 aliphatic heterocycles. The van der Waals surface area contributed by atoms with Gasteiger partial charge < -0.3 is 0 Å². The Morgan fingerprint density at radius 2 is 1.94 bits per heavy atom. The number of hydrogen-bond donors (Lipinski definition) is 0. The van der Waals surface area contributed by atoms with Crippen molar-refractivity contribution in [3.05, 3.63) is 41.3 Å². The second-order valence-electron chi connectivity index (χ2n) is 3.71. The van der Waals surface area contributed by atoms with E-state index < -0.39 is 11.7 Å². The Kier molecular flexibility index (Phi) is 2.65. The lowest BCUT2D eigenvalue weighted by molar-refractivity contribution is -0.137. The average Bonchev–Trinajstić information content (AvgIpc) is 2.56. The third kappa shape index (κ3) is 2.15. The van der Waals surface area contributed by atoms with Crippen molar-refractivity contribution in [3.8, 4) is 5.82 Å². The smallest absolute Gasteiger partial charge is 0.237 e. The Morgan fingerprint density at radius 1 is 1.24 bits per heavy atom. The molecule has 6 heteroatoms. The monoisotopic (exact) mass is 241 g/mol. The van der Waals surface area contributed by atoms with E-state index in [1.165, 1.54) is 16.9 Å². The number of aryl methyl sites for hydroxylation is 2. The molecule has 0 saturated carbocycles. The third-order valence-corrected chi connectivity index (χ3v) is 2.30. The highest BCUT2D eigenvalue weighted by atomic mass is 19.4. The van der Waals surface area contributed by atoms with Gasteiger partial charge in [-0.2, -0.15) is 18.3 Å². The van der Waals surface area contributed by atoms with Crippen LogP contribution in [-0.4, -0.2) is 14.8 Å². The van der Waals surface area contributed by atoms with Gasteiger partial charge in [-0.1, -0.05) is 0 Å². The van der Waals surface area contributed by atoms with Crippen molar-refractivity contribution in [1.82, 2.24) is 14.8 Å². The van der Waals surface area contributed by atoms with Gasteiger partial charge in [0, 0.05) is 11.9 Å². The first kappa shape index (κ1) is 11.6. The Morgan fingerprint density at radius 3 is 2.47 bits per heavy atom. The van der Waals surface area contributed by atoms with Gasteiger partial charge in [0.25, 0.3) is 0 Å². The zero-order valence-corrected chi connectivity index (χ0v) is 9.28. The van der Waals surface area contributed by atoms with Crippen molar-refractivity contribution in [2.24, 2.45) is 0 Å². The van der Waals surface area contributed by atoms with Gasteiger partial charge in [0.15, 0.2) is 5.82 Å². The first-order valence-electron chi connectivity index (χ1n) is 4.95. The molecule has 2 rings (SSSR count). The van der Waals surface area contributed by atoms with Crippen molar-refractivity contribution in [1.29, 1.82) is 0 Å². The number of aromatic nitrogens is 3. The molecule has 0 saturated heterocycles. The van der Waals surface area contributed by atoms with Gasteiger partial charge in [0.05, 0.1) is 5.69 Å². The third-order valence-electron chi connectivity index (χ3n) is 2.30. The maximum Gasteiger partial charge on any atom is 0.420 e. The SMILES string of the molecule is Cc1cc(C)n(-c2ncccc2C(F)(F)F)n1. The van der Waals surface area contributed by atoms with Gasteiger partial charge in [-0.05, 0) is 32.0 Å². The summed E-state index contributed by atoms with van der Waals surface area (Å²) >= 11 is 0. The largest absolute Gasteiger partial charge is 0.420 e. The zero-order valence-electron chi connectivity index (χ0n) is 9.28. The van der Waals surface area contributed by atoms with Crippen molar-refractivity contribution < 1.29 is 13.2 Å². The van der Waals surface area contributed by atoms with E-state index in [4.69, 9.17) is 0 Å². The second kappa shape index (κ2) is 3.87. The normalized spacial score (nSPS) is 11.8. The van der Waals surface area contributed by atoms with Crippen LogP contribution in [0.3, 0.4) is 0 Å². The van der Waals surface area contributed by atoms with Gasteiger partial charge in [-0.3, -0.25) is 0 Å². The Hall–Kier alpha value is -1.85. The Labute approximate surface area is 95.9 Å². The van der Waals surface area contributed by atoms with E-state index in [-0.39, 0.29) is 5.82 Å². The second-order valence-corrected chi connectivity index (χ2v) is 3.71. The lowest BCUT2D eigenvalue weighted by Gasteiger charge is -2.12. The van der Waals surface area contributed by atoms with E-state index in [0.29, 0.717) is 11.4 Å². The molecule has 0 bridgehead atoms. The summed E-state index contributed by atoms with van der Waals surface area (Å²) in [4.78, 5) is 3.77. The van der Waals surface area contributed by atoms with Crippen LogP contribution >= 0.6 is 0 Å². The molecule has 0 atom stereocenters. The molecule has 2 aromatic rings. The van der Waals surface area contributed by atoms with Gasteiger partial charge >= 0.3 is 6.18 Å². The summed E-state index contributed by atoms with van der Waals surface area (Å²) in [5.74, 6) is -0.189. The molecule has 3 nitrogen and oxygen atoms in total. The molecule has 17 heavy (non-hydrogen) atoms. The van der Waals surface area contributed by atoms with Gasteiger partial charge in [-0.15, -0.1) is 0 Å². The van der Waals surface area contributed by atoms with E-state index in [2.05, 4.69) is 10.1 Å². The highest BCUT2D eigenvalue weighted by Gasteiger charge is 2.35. The van der Waals surface area contributed by atoms with Crippen LogP contribution in [-0.2, 0) is 6.18 Å². The van der Waals surface area contributed by atoms with Crippen molar-refractivity contribution in [2.45, 2.75) is 20.0 Å². The molecule has 0 aromatic carbocycles. The van der Waals surface area contributed by atoms with Crippen LogP contribution in [0.4, 0.5) is 13.2 Å². The van der Waals surface area contributed by atoms with E-state index in [1.54, 1.807) is 19.9 Å². The summed E-state index contributed by atoms with van der Waals surface area (Å²) in [6.07, 6.45) is -3.11. The summed E-state index contributed by atoms with van der Waals surface area (Å²) in [7, 11) is 0. The number of rotatable bonds is 1. The number of alkyl halides is 3. The lowest BCUT2D eigenvalue weighted by atomic mass is 10.2. The van der Waals surface area contributed by atoms with E-state index in [1.807, 2.05) is 0 Å². The molecular weight excluding hydrogens is 231 g/mol. The summed E-state index contributed by atoms with van der Waals surface area (Å²) in [6, 6.07) is 3.96. The van der Waals surface area contributed by atoms with Gasteiger partial charge in [0.1, 0.15) is 5.56 Å². The van der Waals surface area contributed by atoms with Gasteiger partial charge in [0.2, 0.25) is 0 Å². The highest BCUT2D eigenvalue weighted by molar-refractivity contribution is 5.36. The van der Waals surface area contributed by atoms with Crippen LogP contribution in [0, 0.1) is 13.8 Å². The molecule has 0 N–H and O–H groups in total. The van der Waals surface area contributed by atoms with Crippen LogP contribution in [0.15, 0.2) is 24.4 Å². The minimum absolute atomic E-state index is 0.189. The molecule has 2 aromatic heterocycles. The maximum atomic E-state index is 12.8. The highest BCUT2D eigenvalue weighted by Crippen LogP contribution is 2.32. The average molecular weight is 241 g/mol. The lowest BCUT2D eigenvalue weighted by Crippen LogP contribution is -2.13. The molecule has 0 unspecified atom stereocenters. The number of halogens is 3. The standard InChI is InChI=1S/C11H10F3N3/c1-7-6-8(2)17(16-7)10-9(11(12,13)14)4-3-5-15-10/h3-6H,1-2H3. The van der Waals surface area contributed by atoms with E-state index in [0.717, 1.165) is 6.07 Å². The fourth-order valence-electron chi connectivity index (χ4n) is 1.63. The van der Waals surface area contributed by atoms with Crippen LogP contribution in [0.1, 0.15) is 17.0 Å². The molecule has 90 valence electrons. The molecule has 0 amide bonds. The molecule has 0 aliphatic carbocycles. The summed E-state index contributed by atoms with van der Waals surface area (Å²) in [6.45, 7) is 3.41. The molecule has 0 spiro atoms. The van der Waals surface area contributed by atoms with Crippen LogP contribution in [0.5, 0.6) is 0 Å². The summed E-state index contributed by atoms with van der Waals surface area (Å²) < 4.78 is 39.6. The first-order valence-corrected chi connectivity index (χ1v) is 4.95. The molecule has 0 fully saturated rings. The number of pyridine rings is 1. The minimum Gasteiger partial charge on any atom is -0.237 e. The molecular formula is C11H10F3N3. The predicted molar refractivity (Wildman–Crippen MR) is 55.8 cm³/mol. The zero-order chi connectivity index (χ0) is 12.6. The van der Waals surface area contributed by atoms with E-state index in [9.17, 15) is 13.2 Å². The maximum absolute atomic E-state index is 12.8. The molecule has 0 radical (unpaired) electrons. The summed E-state index contributed by atoms with van der Waals surface area (Å²) in [5, 5.41) is 4.01. The minimum atomic E-state index is -4.43. The van der Waals surface area contributed by atoms with E-state index >= 15 is 0 Å². The van der Waals surface area contributed by atoms with Crippen LogP contribution in [0.25, 0.3) is 5.82 Å². The number of nitrogens with zero attached hydrogens (tertiary/aromatic N) is 3. The van der Waals surface area contributed by atoms with Crippen LogP contribution < -0.4 is 0 Å². The fourth-order valence-corrected chi connectivity index (χ4v) is 1.63. The Bertz CT molecular complexity index is 543. The quantitative estimate of drug-likeness (QED) is 0.768. The first-order chi connectivity index (χ1) is 7.89. The number of hydrogen-bond acceptors (Lipinski definition) is 2. The van der Waals surface area contributed by atoms with Crippen molar-refractivity contribution >= 4 is 0 Å². The fraction of sp³-hybridized carbons (Fsp3) is 0.273. The van der Waals surface area contributed by atoms with Gasteiger partial charge in [-0.25, -0.2) is 9.67 Å². The Balaban J connectivity index is 2.64. The van der Waals surface area contributed by atoms with Crippen LogP contribution in [0.2, 0.25) is 0 Å². The molecule has 0 aliphatic rings. The molecule has 2 heterocycles. The topological polar surface area (TPSA) is 30.7 Å². The summed E-state index contributed by atoms with van der Waals surface area (Å²) in [5.41, 5.74) is 0.485. The van der Waals surface area contributed by atoms with Crippen molar-refractivity contribution in [2.75, 3.05) is 0 Å². The van der Waals surface area contributed by atoms with Crippen molar-refractivity contribution in [3.63, 3.8) is 0 Å². The predicted octanol–water partition coefficient (Wildman–Crippen LogP) is 2.90.